The Kier molecular flexibility index (Phi) is 3.10. The highest BCUT2D eigenvalue weighted by Crippen LogP contribution is 2.52. The van der Waals surface area contributed by atoms with Crippen LogP contribution in [0.4, 0.5) is 5.69 Å². The second-order valence-electron chi connectivity index (χ2n) is 6.37. The van der Waals surface area contributed by atoms with Crippen LogP contribution in [-0.4, -0.2) is 37.2 Å². The molecule has 5 nitrogen and oxygen atoms in total. The molecule has 120 valence electrons. The summed E-state index contributed by atoms with van der Waals surface area (Å²) in [4.78, 5) is 26.8. The molecule has 0 aliphatic carbocycles. The van der Waals surface area contributed by atoms with E-state index < -0.39 is 17.4 Å². The number of methoxy groups -OCH3 is 1. The summed E-state index contributed by atoms with van der Waals surface area (Å²) < 4.78 is 10.9. The molecule has 5 heteroatoms. The number of carbonyl (C=O) groups is 2. The summed E-state index contributed by atoms with van der Waals surface area (Å²) in [5, 5.41) is 0. The van der Waals surface area contributed by atoms with E-state index in [4.69, 9.17) is 9.47 Å². The zero-order valence-corrected chi connectivity index (χ0v) is 13.2. The van der Waals surface area contributed by atoms with Crippen molar-refractivity contribution in [1.29, 1.82) is 0 Å². The molecule has 1 aromatic rings. The van der Waals surface area contributed by atoms with Crippen molar-refractivity contribution in [1.82, 2.24) is 0 Å². The van der Waals surface area contributed by atoms with Crippen LogP contribution in [0.2, 0.25) is 0 Å². The third kappa shape index (κ3) is 1.89. The summed E-state index contributed by atoms with van der Waals surface area (Å²) >= 11 is 0. The van der Waals surface area contributed by atoms with Crippen molar-refractivity contribution in [2.75, 3.05) is 18.6 Å². The highest BCUT2D eigenvalue weighted by molar-refractivity contribution is 6.02. The van der Waals surface area contributed by atoms with Gasteiger partial charge in [-0.1, -0.05) is 31.2 Å². The molecule has 0 aromatic heterocycles. The van der Waals surface area contributed by atoms with E-state index in [1.807, 2.05) is 36.4 Å². The number of ether oxygens (including phenoxy) is 2. The van der Waals surface area contributed by atoms with Crippen molar-refractivity contribution in [2.24, 2.45) is 11.8 Å². The minimum atomic E-state index is -0.690. The Bertz CT molecular complexity index is 695. The highest BCUT2D eigenvalue weighted by atomic mass is 16.5. The van der Waals surface area contributed by atoms with Crippen molar-refractivity contribution in [3.8, 4) is 0 Å². The highest BCUT2D eigenvalue weighted by Gasteiger charge is 2.67. The quantitative estimate of drug-likeness (QED) is 0.630. The Balaban J connectivity index is 1.68. The zero-order valence-electron chi connectivity index (χ0n) is 13.2. The summed E-state index contributed by atoms with van der Waals surface area (Å²) in [6.45, 7) is 2.54. The average molecular weight is 313 g/mol. The van der Waals surface area contributed by atoms with Crippen molar-refractivity contribution in [2.45, 2.75) is 25.0 Å². The molecule has 1 spiro atoms. The number of hydrogen-bond donors (Lipinski definition) is 0. The Morgan fingerprint density at radius 1 is 1.39 bits per heavy atom. The molecule has 0 N–H and O–H groups in total. The van der Waals surface area contributed by atoms with Gasteiger partial charge in [0.15, 0.2) is 0 Å². The fourth-order valence-electron chi connectivity index (χ4n) is 4.03. The standard InChI is InChI=1S/C18H19NO4/c1-3-11-4-6-12(7-5-11)19-10-18-9-8-13(23-18)14(17(21)22-2)15(18)16(19)20/h4-9,13-15H,3,10H2,1-2H3/t13-,14-,15+,18-/m1/s1. The number of benzene rings is 1. The van der Waals surface area contributed by atoms with Gasteiger partial charge in [0, 0.05) is 5.69 Å². The first kappa shape index (κ1) is 14.5. The van der Waals surface area contributed by atoms with E-state index in [1.165, 1.54) is 12.7 Å². The number of carbonyl (C=O) groups excluding carboxylic acids is 2. The van der Waals surface area contributed by atoms with E-state index in [0.717, 1.165) is 12.1 Å². The monoisotopic (exact) mass is 313 g/mol. The maximum absolute atomic E-state index is 13.0. The Morgan fingerprint density at radius 2 is 2.13 bits per heavy atom. The number of rotatable bonds is 3. The zero-order chi connectivity index (χ0) is 16.2. The second-order valence-corrected chi connectivity index (χ2v) is 6.37. The van der Waals surface area contributed by atoms with Crippen LogP contribution in [0.25, 0.3) is 0 Å². The van der Waals surface area contributed by atoms with E-state index >= 15 is 0 Å². The SMILES string of the molecule is CCc1ccc(N2C[C@@]34C=C[C@@H](O3)[C@@H](C(=O)OC)[C@H]4C2=O)cc1. The van der Waals surface area contributed by atoms with Gasteiger partial charge in [-0.2, -0.15) is 0 Å². The lowest BCUT2D eigenvalue weighted by Crippen LogP contribution is -2.39. The molecule has 3 heterocycles. The van der Waals surface area contributed by atoms with Crippen molar-refractivity contribution < 1.29 is 19.1 Å². The summed E-state index contributed by atoms with van der Waals surface area (Å²) in [6, 6.07) is 7.97. The van der Waals surface area contributed by atoms with Gasteiger partial charge in [-0.3, -0.25) is 9.59 Å². The number of nitrogens with zero attached hydrogens (tertiary/aromatic N) is 1. The van der Waals surface area contributed by atoms with Gasteiger partial charge < -0.3 is 14.4 Å². The number of hydrogen-bond acceptors (Lipinski definition) is 4. The number of fused-ring (bicyclic) bond motifs is 1. The lowest BCUT2D eigenvalue weighted by atomic mass is 9.77. The number of esters is 1. The first-order valence-electron chi connectivity index (χ1n) is 7.95. The smallest absolute Gasteiger partial charge is 0.312 e. The summed E-state index contributed by atoms with van der Waals surface area (Å²) in [5.41, 5.74) is 1.38. The molecule has 0 saturated carbocycles. The molecule has 2 saturated heterocycles. The van der Waals surface area contributed by atoms with Crippen LogP contribution < -0.4 is 4.90 Å². The van der Waals surface area contributed by atoms with E-state index in [2.05, 4.69) is 6.92 Å². The number of amides is 1. The van der Waals surface area contributed by atoms with Crippen LogP contribution >= 0.6 is 0 Å². The molecule has 0 unspecified atom stereocenters. The summed E-state index contributed by atoms with van der Waals surface area (Å²) in [7, 11) is 1.35. The fourth-order valence-corrected chi connectivity index (χ4v) is 4.03. The predicted octanol–water partition coefficient (Wildman–Crippen LogP) is 1.71. The van der Waals surface area contributed by atoms with Crippen LogP contribution in [0, 0.1) is 11.8 Å². The van der Waals surface area contributed by atoms with Crippen molar-refractivity contribution in [3.05, 3.63) is 42.0 Å². The molecule has 3 aliphatic heterocycles. The maximum Gasteiger partial charge on any atom is 0.312 e. The van der Waals surface area contributed by atoms with Gasteiger partial charge in [0.2, 0.25) is 5.91 Å². The van der Waals surface area contributed by atoms with Crippen LogP contribution in [0.15, 0.2) is 36.4 Å². The van der Waals surface area contributed by atoms with Gasteiger partial charge >= 0.3 is 5.97 Å². The molecule has 0 radical (unpaired) electrons. The van der Waals surface area contributed by atoms with Gasteiger partial charge in [0.25, 0.3) is 0 Å². The fraction of sp³-hybridized carbons (Fsp3) is 0.444. The van der Waals surface area contributed by atoms with Gasteiger partial charge in [0.05, 0.1) is 25.7 Å². The first-order chi connectivity index (χ1) is 11.1. The molecule has 1 amide bonds. The third-order valence-corrected chi connectivity index (χ3v) is 5.23. The molecule has 2 bridgehead atoms. The molecule has 23 heavy (non-hydrogen) atoms. The largest absolute Gasteiger partial charge is 0.469 e. The molecule has 2 fully saturated rings. The van der Waals surface area contributed by atoms with Crippen LogP contribution in [0.3, 0.4) is 0 Å². The Labute approximate surface area is 134 Å². The normalized spacial score (nSPS) is 34.1. The van der Waals surface area contributed by atoms with Crippen LogP contribution in [-0.2, 0) is 25.5 Å². The van der Waals surface area contributed by atoms with Gasteiger partial charge in [0.1, 0.15) is 11.5 Å². The molecular weight excluding hydrogens is 294 g/mol. The first-order valence-corrected chi connectivity index (χ1v) is 7.95. The van der Waals surface area contributed by atoms with Crippen molar-refractivity contribution >= 4 is 17.6 Å². The van der Waals surface area contributed by atoms with E-state index in [1.54, 1.807) is 4.90 Å². The predicted molar refractivity (Wildman–Crippen MR) is 83.9 cm³/mol. The van der Waals surface area contributed by atoms with Crippen molar-refractivity contribution in [3.63, 3.8) is 0 Å². The summed E-state index contributed by atoms with van der Waals surface area (Å²) in [6.07, 6.45) is 4.44. The molecule has 4 rings (SSSR count). The minimum Gasteiger partial charge on any atom is -0.469 e. The molecule has 3 aliphatic rings. The van der Waals surface area contributed by atoms with E-state index in [9.17, 15) is 9.59 Å². The lowest BCUT2D eigenvalue weighted by molar-refractivity contribution is -0.149. The minimum absolute atomic E-state index is 0.0588. The molecule has 4 atom stereocenters. The van der Waals surface area contributed by atoms with E-state index in [-0.39, 0.29) is 18.0 Å². The average Bonchev–Trinajstić information content (AvgIpc) is 3.22. The van der Waals surface area contributed by atoms with Gasteiger partial charge in [-0.25, -0.2) is 0 Å². The Hall–Kier alpha value is -2.14. The van der Waals surface area contributed by atoms with Crippen LogP contribution in [0.5, 0.6) is 0 Å². The second kappa shape index (κ2) is 4.93. The Morgan fingerprint density at radius 3 is 2.78 bits per heavy atom. The number of aryl methyl sites for hydroxylation is 1. The topological polar surface area (TPSA) is 55.8 Å². The molecule has 1 aromatic carbocycles. The maximum atomic E-state index is 13.0. The molecular formula is C18H19NO4. The van der Waals surface area contributed by atoms with Gasteiger partial charge in [-0.15, -0.1) is 0 Å². The summed E-state index contributed by atoms with van der Waals surface area (Å²) in [5.74, 6) is -1.47. The lowest BCUT2D eigenvalue weighted by Gasteiger charge is -2.22. The third-order valence-electron chi connectivity index (χ3n) is 5.23. The van der Waals surface area contributed by atoms with E-state index in [0.29, 0.717) is 6.54 Å². The van der Waals surface area contributed by atoms with Gasteiger partial charge in [-0.05, 0) is 24.1 Å². The number of anilines is 1. The van der Waals surface area contributed by atoms with Crippen LogP contribution in [0.1, 0.15) is 12.5 Å².